The Morgan fingerprint density at radius 3 is 2.68 bits per heavy atom. The Balaban J connectivity index is 1.44. The summed E-state index contributed by atoms with van der Waals surface area (Å²) in [6.07, 6.45) is 2.04. The molecule has 1 aromatic heterocycles. The van der Waals surface area contributed by atoms with E-state index in [1.807, 2.05) is 11.0 Å². The molecule has 1 unspecified atom stereocenters. The van der Waals surface area contributed by atoms with Crippen molar-refractivity contribution in [3.05, 3.63) is 41.5 Å². The summed E-state index contributed by atoms with van der Waals surface area (Å²) in [6.45, 7) is 3.21. The van der Waals surface area contributed by atoms with E-state index in [1.165, 1.54) is 6.07 Å². The van der Waals surface area contributed by atoms with Crippen LogP contribution in [0, 0.1) is 5.82 Å². The van der Waals surface area contributed by atoms with Crippen LogP contribution in [0.1, 0.15) is 35.1 Å². The van der Waals surface area contributed by atoms with Crippen LogP contribution >= 0.6 is 0 Å². The number of hydrogen-bond acceptors (Lipinski definition) is 5. The summed E-state index contributed by atoms with van der Waals surface area (Å²) in [5, 5.41) is 14.2. The molecule has 0 spiro atoms. The molecular formula is C17H21FN6O. The van der Waals surface area contributed by atoms with E-state index in [1.54, 1.807) is 17.0 Å². The first-order valence-corrected chi connectivity index (χ1v) is 8.67. The van der Waals surface area contributed by atoms with Gasteiger partial charge in [-0.3, -0.25) is 4.79 Å². The van der Waals surface area contributed by atoms with Crippen LogP contribution in [0.2, 0.25) is 0 Å². The van der Waals surface area contributed by atoms with Gasteiger partial charge in [0, 0.05) is 26.2 Å². The lowest BCUT2D eigenvalue weighted by atomic mass is 10.1. The van der Waals surface area contributed by atoms with Crippen molar-refractivity contribution in [2.75, 3.05) is 37.6 Å². The van der Waals surface area contributed by atoms with E-state index in [2.05, 4.69) is 20.7 Å². The van der Waals surface area contributed by atoms with E-state index in [9.17, 15) is 9.18 Å². The summed E-state index contributed by atoms with van der Waals surface area (Å²) in [5.74, 6) is -0.334. The number of carbonyl (C=O) groups excluding carboxylic acids is 1. The van der Waals surface area contributed by atoms with Crippen LogP contribution in [0.3, 0.4) is 0 Å². The first kappa shape index (κ1) is 16.0. The second-order valence-corrected chi connectivity index (χ2v) is 6.44. The topological polar surface area (TPSA) is 77.1 Å². The Morgan fingerprint density at radius 2 is 1.96 bits per heavy atom. The van der Waals surface area contributed by atoms with Crippen molar-refractivity contribution in [2.24, 2.45) is 0 Å². The van der Waals surface area contributed by atoms with Crippen molar-refractivity contribution in [3.63, 3.8) is 0 Å². The Kier molecular flexibility index (Phi) is 4.35. The normalized spacial score (nSPS) is 20.9. The van der Waals surface area contributed by atoms with E-state index in [4.69, 9.17) is 0 Å². The van der Waals surface area contributed by atoms with Gasteiger partial charge in [0.2, 0.25) is 0 Å². The Bertz CT molecular complexity index is 749. The van der Waals surface area contributed by atoms with Gasteiger partial charge in [0.1, 0.15) is 11.5 Å². The summed E-state index contributed by atoms with van der Waals surface area (Å²) in [6, 6.07) is 6.84. The fourth-order valence-corrected chi connectivity index (χ4v) is 3.57. The highest BCUT2D eigenvalue weighted by Crippen LogP contribution is 2.25. The summed E-state index contributed by atoms with van der Waals surface area (Å²) in [4.78, 5) is 16.6. The van der Waals surface area contributed by atoms with Gasteiger partial charge in [0.25, 0.3) is 5.91 Å². The Morgan fingerprint density at radius 1 is 1.16 bits per heavy atom. The first-order valence-electron chi connectivity index (χ1n) is 8.67. The van der Waals surface area contributed by atoms with E-state index in [0.717, 1.165) is 19.4 Å². The van der Waals surface area contributed by atoms with Crippen molar-refractivity contribution < 1.29 is 9.18 Å². The van der Waals surface area contributed by atoms with Crippen LogP contribution < -0.4 is 10.2 Å². The van der Waals surface area contributed by atoms with Crippen molar-refractivity contribution >= 4 is 11.6 Å². The molecule has 132 valence electrons. The molecule has 0 aliphatic carbocycles. The number of para-hydroxylation sites is 1. The molecule has 2 N–H and O–H groups in total. The molecule has 2 saturated heterocycles. The standard InChI is InChI=1S/C17H21FN6O/c18-12-4-1-2-6-14(12)23-8-10-24(11-9-23)17(25)16-15(20-22-21-16)13-5-3-7-19-13/h1-2,4,6,13,19H,3,5,7-11H2,(H,20,21,22). The van der Waals surface area contributed by atoms with Gasteiger partial charge in [-0.2, -0.15) is 15.4 Å². The number of halogens is 1. The highest BCUT2D eigenvalue weighted by Gasteiger charge is 2.30. The van der Waals surface area contributed by atoms with Gasteiger partial charge >= 0.3 is 0 Å². The number of rotatable bonds is 3. The van der Waals surface area contributed by atoms with Crippen molar-refractivity contribution in [3.8, 4) is 0 Å². The number of amides is 1. The third-order valence-electron chi connectivity index (χ3n) is 4.93. The van der Waals surface area contributed by atoms with Crippen molar-refractivity contribution in [2.45, 2.75) is 18.9 Å². The van der Waals surface area contributed by atoms with E-state index >= 15 is 0 Å². The number of aromatic nitrogens is 3. The number of carbonyl (C=O) groups is 1. The lowest BCUT2D eigenvalue weighted by Crippen LogP contribution is -2.49. The average Bonchev–Trinajstić information content (AvgIpc) is 3.33. The molecule has 2 fully saturated rings. The lowest BCUT2D eigenvalue weighted by Gasteiger charge is -2.36. The molecular weight excluding hydrogens is 323 g/mol. The number of aromatic amines is 1. The monoisotopic (exact) mass is 344 g/mol. The molecule has 3 heterocycles. The van der Waals surface area contributed by atoms with E-state index in [-0.39, 0.29) is 17.8 Å². The minimum Gasteiger partial charge on any atom is -0.366 e. The molecule has 25 heavy (non-hydrogen) atoms. The second-order valence-electron chi connectivity index (χ2n) is 6.44. The number of nitrogens with one attached hydrogen (secondary N) is 2. The number of anilines is 1. The van der Waals surface area contributed by atoms with Crippen molar-refractivity contribution in [1.82, 2.24) is 25.6 Å². The zero-order valence-electron chi connectivity index (χ0n) is 13.9. The second kappa shape index (κ2) is 6.79. The summed E-state index contributed by atoms with van der Waals surface area (Å²) >= 11 is 0. The molecule has 1 amide bonds. The zero-order chi connectivity index (χ0) is 17.2. The first-order chi connectivity index (χ1) is 12.2. The number of piperazine rings is 1. The van der Waals surface area contributed by atoms with Crippen LogP contribution in [0.15, 0.2) is 24.3 Å². The van der Waals surface area contributed by atoms with Crippen LogP contribution in [0.5, 0.6) is 0 Å². The summed E-state index contributed by atoms with van der Waals surface area (Å²) < 4.78 is 13.9. The molecule has 0 bridgehead atoms. The van der Waals surface area contributed by atoms with Crippen LogP contribution in [0.4, 0.5) is 10.1 Å². The molecule has 2 aliphatic heterocycles. The molecule has 0 radical (unpaired) electrons. The molecule has 8 heteroatoms. The molecule has 1 aromatic carbocycles. The highest BCUT2D eigenvalue weighted by molar-refractivity contribution is 5.93. The maximum atomic E-state index is 13.9. The predicted molar refractivity (Wildman–Crippen MR) is 90.9 cm³/mol. The highest BCUT2D eigenvalue weighted by atomic mass is 19.1. The fourth-order valence-electron chi connectivity index (χ4n) is 3.57. The minimum atomic E-state index is -0.228. The van der Waals surface area contributed by atoms with Gasteiger partial charge in [0.15, 0.2) is 5.69 Å². The summed E-state index contributed by atoms with van der Waals surface area (Å²) in [7, 11) is 0. The van der Waals surface area contributed by atoms with Gasteiger partial charge in [-0.25, -0.2) is 4.39 Å². The maximum absolute atomic E-state index is 13.9. The molecule has 2 aromatic rings. The predicted octanol–water partition coefficient (Wildman–Crippen LogP) is 1.33. The quantitative estimate of drug-likeness (QED) is 0.878. The molecule has 4 rings (SSSR count). The van der Waals surface area contributed by atoms with Gasteiger partial charge < -0.3 is 15.1 Å². The van der Waals surface area contributed by atoms with Gasteiger partial charge in [-0.1, -0.05) is 12.1 Å². The van der Waals surface area contributed by atoms with E-state index < -0.39 is 0 Å². The van der Waals surface area contributed by atoms with Crippen LogP contribution in [0.25, 0.3) is 0 Å². The van der Waals surface area contributed by atoms with Crippen LogP contribution in [-0.2, 0) is 0 Å². The largest absolute Gasteiger partial charge is 0.366 e. The molecule has 2 aliphatic rings. The Labute approximate surface area is 145 Å². The third kappa shape index (κ3) is 3.09. The lowest BCUT2D eigenvalue weighted by molar-refractivity contribution is 0.0738. The van der Waals surface area contributed by atoms with Gasteiger partial charge in [0.05, 0.1) is 11.7 Å². The molecule has 7 nitrogen and oxygen atoms in total. The number of H-pyrrole nitrogens is 1. The summed E-state index contributed by atoms with van der Waals surface area (Å²) in [5.41, 5.74) is 1.70. The van der Waals surface area contributed by atoms with E-state index in [0.29, 0.717) is 43.3 Å². The van der Waals surface area contributed by atoms with Gasteiger partial charge in [-0.05, 0) is 31.5 Å². The van der Waals surface area contributed by atoms with Gasteiger partial charge in [-0.15, -0.1) is 0 Å². The zero-order valence-corrected chi connectivity index (χ0v) is 13.9. The molecule has 0 saturated carbocycles. The fraction of sp³-hybridized carbons (Fsp3) is 0.471. The molecule has 1 atom stereocenters. The third-order valence-corrected chi connectivity index (χ3v) is 4.93. The SMILES string of the molecule is O=C(c1n[nH]nc1C1CCCN1)N1CCN(c2ccccc2F)CC1. The minimum absolute atomic E-state index is 0.0948. The number of hydrogen-bond donors (Lipinski definition) is 2. The van der Waals surface area contributed by atoms with Crippen LogP contribution in [-0.4, -0.2) is 58.9 Å². The maximum Gasteiger partial charge on any atom is 0.276 e. The van der Waals surface area contributed by atoms with Crippen molar-refractivity contribution in [1.29, 1.82) is 0 Å². The number of nitrogens with zero attached hydrogens (tertiary/aromatic N) is 4. The smallest absolute Gasteiger partial charge is 0.276 e. The number of benzene rings is 1. The average molecular weight is 344 g/mol. The Hall–Kier alpha value is -2.48.